The largest absolute Gasteiger partial charge is 0.508 e. The number of rotatable bonds is 8. The summed E-state index contributed by atoms with van der Waals surface area (Å²) in [5, 5.41) is 13.2. The SMILES string of the molecule is CCC(C)(Oc1ccc(C=O)cc1)[PH](=S)N(C)/N=C/c1ccc(O)cc1. The second-order valence-electron chi connectivity index (χ2n) is 6.04. The molecule has 2 aromatic rings. The molecule has 0 spiro atoms. The summed E-state index contributed by atoms with van der Waals surface area (Å²) in [4.78, 5) is 10.8. The minimum atomic E-state index is -1.57. The zero-order chi connectivity index (χ0) is 19.2. The molecule has 2 atom stereocenters. The van der Waals surface area contributed by atoms with Crippen LogP contribution in [0.25, 0.3) is 0 Å². The lowest BCUT2D eigenvalue weighted by Crippen LogP contribution is -2.30. The highest BCUT2D eigenvalue weighted by atomic mass is 32.4. The molecule has 0 aliphatic carbocycles. The number of ether oxygens (including phenoxy) is 1. The Hall–Kier alpha value is -2.17. The van der Waals surface area contributed by atoms with E-state index in [1.165, 1.54) is 0 Å². The van der Waals surface area contributed by atoms with Gasteiger partial charge in [-0.05, 0) is 67.4 Å². The summed E-state index contributed by atoms with van der Waals surface area (Å²) in [7, 11) is 1.85. The van der Waals surface area contributed by atoms with Gasteiger partial charge in [0.05, 0.1) is 13.1 Å². The molecule has 0 saturated heterocycles. The number of aromatic hydroxyl groups is 1. The van der Waals surface area contributed by atoms with Gasteiger partial charge in [-0.3, -0.25) is 9.57 Å². The quantitative estimate of drug-likeness (QED) is 0.316. The van der Waals surface area contributed by atoms with E-state index in [0.29, 0.717) is 11.3 Å². The summed E-state index contributed by atoms with van der Waals surface area (Å²) in [6.07, 6.45) is 3.25. The van der Waals surface area contributed by atoms with Crippen LogP contribution >= 0.6 is 6.85 Å². The number of nitrogens with zero attached hydrogens (tertiary/aromatic N) is 2. The van der Waals surface area contributed by atoms with E-state index >= 15 is 0 Å². The molecule has 2 unspecified atom stereocenters. The van der Waals surface area contributed by atoms with E-state index in [0.717, 1.165) is 18.3 Å². The topological polar surface area (TPSA) is 62.1 Å². The lowest BCUT2D eigenvalue weighted by atomic mass is 10.2. The first-order valence-electron chi connectivity index (χ1n) is 8.23. The molecule has 0 aliphatic heterocycles. The van der Waals surface area contributed by atoms with Gasteiger partial charge in [-0.2, -0.15) is 5.10 Å². The third kappa shape index (κ3) is 5.16. The van der Waals surface area contributed by atoms with Crippen LogP contribution in [0.15, 0.2) is 53.6 Å². The molecule has 0 fully saturated rings. The maximum Gasteiger partial charge on any atom is 0.150 e. The van der Waals surface area contributed by atoms with Crippen LogP contribution < -0.4 is 4.74 Å². The number of phenols is 1. The Bertz CT molecular complexity index is 793. The summed E-state index contributed by atoms with van der Waals surface area (Å²) < 4.78 is 7.97. The van der Waals surface area contributed by atoms with Gasteiger partial charge in [-0.15, -0.1) is 0 Å². The molecule has 2 rings (SSSR count). The zero-order valence-corrected chi connectivity index (χ0v) is 16.9. The Labute approximate surface area is 159 Å². The minimum absolute atomic E-state index is 0.219. The monoisotopic (exact) mass is 390 g/mol. The number of carbonyl (C=O) groups excluding carboxylic acids is 1. The van der Waals surface area contributed by atoms with Gasteiger partial charge in [0.1, 0.15) is 23.1 Å². The van der Waals surface area contributed by atoms with Gasteiger partial charge in [-0.1, -0.05) is 18.7 Å². The standard InChI is InChI=1S/C19H23N2O3PS/c1-4-19(2,24-18-11-7-16(14-22)8-12-18)25(26)21(3)20-13-15-5-9-17(23)10-6-15/h5-14,23,25H,4H2,1-3H3/b20-13+. The molecule has 0 aliphatic rings. The lowest BCUT2D eigenvalue weighted by Gasteiger charge is -2.34. The molecule has 5 nitrogen and oxygen atoms in total. The van der Waals surface area contributed by atoms with Gasteiger partial charge in [0.2, 0.25) is 0 Å². The maximum atomic E-state index is 10.8. The minimum Gasteiger partial charge on any atom is -0.508 e. The average molecular weight is 390 g/mol. The Morgan fingerprint density at radius 2 is 1.77 bits per heavy atom. The number of hydrazone groups is 1. The van der Waals surface area contributed by atoms with Crippen LogP contribution in [0, 0.1) is 0 Å². The van der Waals surface area contributed by atoms with Gasteiger partial charge >= 0.3 is 0 Å². The fourth-order valence-electron chi connectivity index (χ4n) is 2.25. The Kier molecular flexibility index (Phi) is 6.95. The van der Waals surface area contributed by atoms with Gasteiger partial charge in [0, 0.05) is 12.6 Å². The van der Waals surface area contributed by atoms with E-state index < -0.39 is 12.2 Å². The number of hydrogen-bond donors (Lipinski definition) is 1. The van der Waals surface area contributed by atoms with Crippen molar-refractivity contribution >= 4 is 31.2 Å². The smallest absolute Gasteiger partial charge is 0.150 e. The summed E-state index contributed by atoms with van der Waals surface area (Å²) in [6, 6.07) is 13.8. The number of carbonyl (C=O) groups is 1. The molecule has 0 aromatic heterocycles. The van der Waals surface area contributed by atoms with Crippen molar-refractivity contribution in [1.82, 2.24) is 4.78 Å². The molecule has 0 radical (unpaired) electrons. The van der Waals surface area contributed by atoms with Gasteiger partial charge in [-0.25, -0.2) is 0 Å². The van der Waals surface area contributed by atoms with Crippen molar-refractivity contribution in [2.45, 2.75) is 25.6 Å². The lowest BCUT2D eigenvalue weighted by molar-refractivity contribution is 0.112. The number of benzene rings is 2. The number of aldehydes is 1. The molecule has 0 bridgehead atoms. The van der Waals surface area contributed by atoms with Gasteiger partial charge < -0.3 is 9.84 Å². The van der Waals surface area contributed by atoms with E-state index in [9.17, 15) is 9.90 Å². The molecule has 0 saturated carbocycles. The summed E-state index contributed by atoms with van der Waals surface area (Å²) in [5.41, 5.74) is 1.48. The van der Waals surface area contributed by atoms with E-state index in [4.69, 9.17) is 16.5 Å². The fraction of sp³-hybridized carbons (Fsp3) is 0.263. The molecular formula is C19H23N2O3PS. The van der Waals surface area contributed by atoms with Crippen LogP contribution in [0.4, 0.5) is 0 Å². The van der Waals surface area contributed by atoms with Crippen molar-refractivity contribution < 1.29 is 14.6 Å². The van der Waals surface area contributed by atoms with E-state index in [-0.39, 0.29) is 5.75 Å². The first kappa shape index (κ1) is 20.1. The number of hydrogen-bond acceptors (Lipinski definition) is 5. The average Bonchev–Trinajstić information content (AvgIpc) is 2.67. The molecule has 26 heavy (non-hydrogen) atoms. The molecule has 1 N–H and O–H groups in total. The second-order valence-corrected chi connectivity index (χ2v) is 9.51. The van der Waals surface area contributed by atoms with Crippen molar-refractivity contribution in [2.24, 2.45) is 5.10 Å². The van der Waals surface area contributed by atoms with E-state index in [2.05, 4.69) is 5.10 Å². The third-order valence-electron chi connectivity index (χ3n) is 4.05. The maximum absolute atomic E-state index is 10.8. The Balaban J connectivity index is 2.11. The van der Waals surface area contributed by atoms with Crippen molar-refractivity contribution in [1.29, 1.82) is 0 Å². The second kappa shape index (κ2) is 8.97. The van der Waals surface area contributed by atoms with Crippen LogP contribution in [-0.2, 0) is 11.8 Å². The van der Waals surface area contributed by atoms with Crippen molar-refractivity contribution in [3.63, 3.8) is 0 Å². The van der Waals surface area contributed by atoms with Gasteiger partial charge in [0.25, 0.3) is 0 Å². The fourth-order valence-corrected chi connectivity index (χ4v) is 4.30. The third-order valence-corrected chi connectivity index (χ3v) is 8.21. The predicted molar refractivity (Wildman–Crippen MR) is 110 cm³/mol. The predicted octanol–water partition coefficient (Wildman–Crippen LogP) is 4.27. The summed E-state index contributed by atoms with van der Waals surface area (Å²) >= 11 is 5.77. The Morgan fingerprint density at radius 3 is 2.31 bits per heavy atom. The summed E-state index contributed by atoms with van der Waals surface area (Å²) in [5.74, 6) is 0.902. The van der Waals surface area contributed by atoms with Crippen molar-refractivity contribution in [2.75, 3.05) is 7.05 Å². The molecular weight excluding hydrogens is 367 g/mol. The molecule has 7 heteroatoms. The Morgan fingerprint density at radius 1 is 1.19 bits per heavy atom. The molecule has 0 heterocycles. The van der Waals surface area contributed by atoms with Crippen LogP contribution in [0.3, 0.4) is 0 Å². The number of phenolic OH excluding ortho intramolecular Hbond substituents is 1. The highest BCUT2D eigenvalue weighted by Gasteiger charge is 2.31. The molecule has 138 valence electrons. The first-order valence-corrected chi connectivity index (χ1v) is 10.8. The summed E-state index contributed by atoms with van der Waals surface area (Å²) in [6.45, 7) is 2.46. The van der Waals surface area contributed by atoms with Crippen LogP contribution in [0.2, 0.25) is 0 Å². The van der Waals surface area contributed by atoms with Crippen LogP contribution in [-0.4, -0.2) is 34.8 Å². The van der Waals surface area contributed by atoms with Crippen LogP contribution in [0.5, 0.6) is 11.5 Å². The normalized spacial score (nSPS) is 14.6. The van der Waals surface area contributed by atoms with Crippen LogP contribution in [0.1, 0.15) is 36.2 Å². The first-order chi connectivity index (χ1) is 12.4. The molecule has 2 aromatic carbocycles. The van der Waals surface area contributed by atoms with Crippen molar-refractivity contribution in [3.05, 3.63) is 59.7 Å². The van der Waals surface area contributed by atoms with E-state index in [1.807, 2.05) is 20.9 Å². The van der Waals surface area contributed by atoms with E-state index in [1.54, 1.807) is 59.5 Å². The highest BCUT2D eigenvalue weighted by Crippen LogP contribution is 2.45. The van der Waals surface area contributed by atoms with Gasteiger partial charge in [0.15, 0.2) is 0 Å². The molecule has 0 amide bonds. The highest BCUT2D eigenvalue weighted by molar-refractivity contribution is 8.04. The van der Waals surface area contributed by atoms with Crippen molar-refractivity contribution in [3.8, 4) is 11.5 Å². The zero-order valence-electron chi connectivity index (χ0n) is 15.0.